The van der Waals surface area contributed by atoms with Gasteiger partial charge in [-0.05, 0) is 36.1 Å². The number of fused-ring (bicyclic) bond motifs is 3. The molecule has 0 unspecified atom stereocenters. The number of nitrogens with zero attached hydrogens (tertiary/aromatic N) is 3. The van der Waals surface area contributed by atoms with E-state index in [9.17, 15) is 9.50 Å². The van der Waals surface area contributed by atoms with Gasteiger partial charge in [0.2, 0.25) is 0 Å². The van der Waals surface area contributed by atoms with E-state index in [0.29, 0.717) is 16.7 Å². The topological polar surface area (TPSA) is 92.8 Å². The highest BCUT2D eigenvalue weighted by molar-refractivity contribution is 6.02. The lowest BCUT2D eigenvalue weighted by molar-refractivity contribution is 0.433. The molecule has 6 nitrogen and oxygen atoms in total. The maximum atomic E-state index is 13.8. The number of H-pyrrole nitrogens is 1. The number of hydrogen-bond acceptors (Lipinski definition) is 4. The Bertz CT molecular complexity index is 1390. The number of benzene rings is 2. The van der Waals surface area contributed by atoms with E-state index < -0.39 is 5.82 Å². The molecule has 6 rings (SSSR count). The number of halogens is 1. The van der Waals surface area contributed by atoms with Crippen molar-refractivity contribution in [3.05, 3.63) is 71.9 Å². The SMILES string of the molecule is Nc1ncnc2c1c(-c1cc3cc(O)c(F)cc3[nH]1)cn2C1Cc2ccccc2C1. The van der Waals surface area contributed by atoms with Crippen molar-refractivity contribution < 1.29 is 9.50 Å². The smallest absolute Gasteiger partial charge is 0.166 e. The molecule has 3 heterocycles. The molecule has 1 aliphatic rings. The first-order valence-electron chi connectivity index (χ1n) is 9.78. The third-order valence-electron chi connectivity index (χ3n) is 6.04. The van der Waals surface area contributed by atoms with Crippen LogP contribution in [0.15, 0.2) is 55.0 Å². The van der Waals surface area contributed by atoms with Crippen LogP contribution in [0.2, 0.25) is 0 Å². The average Bonchev–Trinajstić information content (AvgIpc) is 3.43. The predicted octanol–water partition coefficient (Wildman–Crippen LogP) is 4.35. The number of phenolic OH excluding ortho intramolecular Hbond substituents is 1. The number of anilines is 1. The number of nitrogens with one attached hydrogen (secondary N) is 1. The zero-order valence-corrected chi connectivity index (χ0v) is 15.9. The Labute approximate surface area is 170 Å². The third kappa shape index (κ3) is 2.41. The van der Waals surface area contributed by atoms with Gasteiger partial charge in [0, 0.05) is 40.5 Å². The van der Waals surface area contributed by atoms with Crippen LogP contribution in [-0.4, -0.2) is 24.6 Å². The maximum absolute atomic E-state index is 13.8. The fourth-order valence-electron chi connectivity index (χ4n) is 4.61. The number of nitrogens with two attached hydrogens (primary N) is 1. The van der Waals surface area contributed by atoms with Crippen LogP contribution < -0.4 is 5.73 Å². The number of aromatic amines is 1. The quantitative estimate of drug-likeness (QED) is 0.412. The van der Waals surface area contributed by atoms with Crippen LogP contribution in [0.4, 0.5) is 10.2 Å². The summed E-state index contributed by atoms with van der Waals surface area (Å²) >= 11 is 0. The van der Waals surface area contributed by atoms with E-state index in [0.717, 1.165) is 35.1 Å². The highest BCUT2D eigenvalue weighted by atomic mass is 19.1. The molecule has 148 valence electrons. The maximum Gasteiger partial charge on any atom is 0.166 e. The van der Waals surface area contributed by atoms with Crippen LogP contribution in [0.25, 0.3) is 33.2 Å². The van der Waals surface area contributed by atoms with Gasteiger partial charge in [0.1, 0.15) is 17.8 Å². The monoisotopic (exact) mass is 399 g/mol. The van der Waals surface area contributed by atoms with Crippen molar-refractivity contribution in [2.24, 2.45) is 0 Å². The second kappa shape index (κ2) is 6.06. The van der Waals surface area contributed by atoms with E-state index >= 15 is 0 Å². The summed E-state index contributed by atoms with van der Waals surface area (Å²) in [7, 11) is 0. The second-order valence-electron chi connectivity index (χ2n) is 7.81. The van der Waals surface area contributed by atoms with Crippen molar-refractivity contribution in [2.75, 3.05) is 5.73 Å². The van der Waals surface area contributed by atoms with Gasteiger partial charge in [-0.3, -0.25) is 0 Å². The number of aromatic nitrogens is 4. The Kier molecular flexibility index (Phi) is 3.44. The zero-order valence-electron chi connectivity index (χ0n) is 15.9. The van der Waals surface area contributed by atoms with Gasteiger partial charge in [-0.15, -0.1) is 0 Å². The van der Waals surface area contributed by atoms with Crippen molar-refractivity contribution in [1.29, 1.82) is 0 Å². The zero-order chi connectivity index (χ0) is 20.4. The van der Waals surface area contributed by atoms with Gasteiger partial charge in [0.05, 0.1) is 5.39 Å². The van der Waals surface area contributed by atoms with Crippen LogP contribution in [0, 0.1) is 5.82 Å². The molecule has 5 aromatic rings. The summed E-state index contributed by atoms with van der Waals surface area (Å²) in [6, 6.07) is 13.3. The summed E-state index contributed by atoms with van der Waals surface area (Å²) in [4.78, 5) is 12.0. The third-order valence-corrected chi connectivity index (χ3v) is 6.04. The largest absolute Gasteiger partial charge is 0.505 e. The van der Waals surface area contributed by atoms with Gasteiger partial charge in [-0.2, -0.15) is 0 Å². The van der Waals surface area contributed by atoms with Gasteiger partial charge in [0.25, 0.3) is 0 Å². The molecule has 0 bridgehead atoms. The second-order valence-corrected chi connectivity index (χ2v) is 7.81. The Morgan fingerprint density at radius 2 is 1.87 bits per heavy atom. The molecule has 0 aliphatic heterocycles. The number of nitrogen functional groups attached to an aromatic ring is 1. The Hall–Kier alpha value is -3.87. The fourth-order valence-corrected chi connectivity index (χ4v) is 4.61. The highest BCUT2D eigenvalue weighted by Gasteiger charge is 2.26. The number of rotatable bonds is 2. The first kappa shape index (κ1) is 17.0. The highest BCUT2D eigenvalue weighted by Crippen LogP contribution is 2.39. The molecule has 1 aliphatic carbocycles. The van der Waals surface area contributed by atoms with Crippen LogP contribution in [0.3, 0.4) is 0 Å². The summed E-state index contributed by atoms with van der Waals surface area (Å²) in [6.07, 6.45) is 5.38. The lowest BCUT2D eigenvalue weighted by atomic mass is 10.1. The van der Waals surface area contributed by atoms with Crippen LogP contribution >= 0.6 is 0 Å². The average molecular weight is 399 g/mol. The van der Waals surface area contributed by atoms with Crippen LogP contribution in [0.5, 0.6) is 5.75 Å². The van der Waals surface area contributed by atoms with E-state index in [4.69, 9.17) is 5.73 Å². The summed E-state index contributed by atoms with van der Waals surface area (Å²) < 4.78 is 16.0. The van der Waals surface area contributed by atoms with Gasteiger partial charge in [0.15, 0.2) is 11.6 Å². The van der Waals surface area contributed by atoms with E-state index in [-0.39, 0.29) is 11.8 Å². The van der Waals surface area contributed by atoms with Crippen molar-refractivity contribution in [2.45, 2.75) is 18.9 Å². The van der Waals surface area contributed by atoms with Crippen LogP contribution in [-0.2, 0) is 12.8 Å². The Morgan fingerprint density at radius 3 is 2.63 bits per heavy atom. The van der Waals surface area contributed by atoms with Gasteiger partial charge < -0.3 is 20.4 Å². The standard InChI is InChI=1S/C23H18FN5O/c24-17-9-18-14(8-20(17)30)7-19(28-18)16-10-29(23-21(16)22(25)26-11-27-23)15-5-12-3-1-2-4-13(12)6-15/h1-4,7-11,15,28,30H,5-6H2,(H2,25,26,27). The molecule has 7 heteroatoms. The number of phenols is 1. The molecule has 4 N–H and O–H groups in total. The predicted molar refractivity (Wildman–Crippen MR) is 114 cm³/mol. The molecule has 3 aromatic heterocycles. The summed E-state index contributed by atoms with van der Waals surface area (Å²) in [5.41, 5.74) is 12.0. The molecule has 0 radical (unpaired) electrons. The molecule has 0 fully saturated rings. The molecule has 30 heavy (non-hydrogen) atoms. The summed E-state index contributed by atoms with van der Waals surface area (Å²) in [6.45, 7) is 0. The molecule has 0 saturated carbocycles. The molecule has 2 aromatic carbocycles. The van der Waals surface area contributed by atoms with Gasteiger partial charge in [-0.25, -0.2) is 14.4 Å². The lowest BCUT2D eigenvalue weighted by Crippen LogP contribution is -2.08. The molecule has 0 spiro atoms. The van der Waals surface area contributed by atoms with Crippen LogP contribution in [0.1, 0.15) is 17.2 Å². The first-order valence-corrected chi connectivity index (χ1v) is 9.78. The summed E-state index contributed by atoms with van der Waals surface area (Å²) in [5, 5.41) is 11.2. The van der Waals surface area contributed by atoms with E-state index in [1.807, 2.05) is 12.3 Å². The molecular formula is C23H18FN5O. The van der Waals surface area contributed by atoms with E-state index in [1.54, 1.807) is 0 Å². The fraction of sp³-hybridized carbons (Fsp3) is 0.130. The minimum absolute atomic E-state index is 0.235. The Morgan fingerprint density at radius 1 is 1.10 bits per heavy atom. The minimum atomic E-state index is -0.662. The molecule has 0 saturated heterocycles. The normalized spacial score (nSPS) is 14.0. The first-order chi connectivity index (χ1) is 14.6. The molecule has 0 amide bonds. The van der Waals surface area contributed by atoms with Crippen molar-refractivity contribution >= 4 is 27.8 Å². The summed E-state index contributed by atoms with van der Waals surface area (Å²) in [5.74, 6) is -0.635. The Balaban J connectivity index is 1.54. The van der Waals surface area contributed by atoms with Crippen molar-refractivity contribution in [1.82, 2.24) is 19.5 Å². The van der Waals surface area contributed by atoms with E-state index in [1.165, 1.54) is 29.6 Å². The van der Waals surface area contributed by atoms with Gasteiger partial charge >= 0.3 is 0 Å². The molecular weight excluding hydrogens is 381 g/mol. The minimum Gasteiger partial charge on any atom is -0.505 e. The lowest BCUT2D eigenvalue weighted by Gasteiger charge is -2.12. The number of hydrogen-bond donors (Lipinski definition) is 3. The van der Waals surface area contributed by atoms with Crippen molar-refractivity contribution in [3.8, 4) is 17.0 Å². The van der Waals surface area contributed by atoms with Crippen molar-refractivity contribution in [3.63, 3.8) is 0 Å². The molecule has 0 atom stereocenters. The number of aromatic hydroxyl groups is 1. The van der Waals surface area contributed by atoms with Gasteiger partial charge in [-0.1, -0.05) is 24.3 Å². The van der Waals surface area contributed by atoms with E-state index in [2.05, 4.69) is 43.8 Å².